The van der Waals surface area contributed by atoms with Crippen molar-refractivity contribution in [3.63, 3.8) is 0 Å². The first-order valence-electron chi connectivity index (χ1n) is 6.40. The van der Waals surface area contributed by atoms with Gasteiger partial charge in [0.15, 0.2) is 17.3 Å². The second-order valence-electron chi connectivity index (χ2n) is 4.72. The van der Waals surface area contributed by atoms with Crippen LogP contribution in [0.4, 0.5) is 0 Å². The maximum Gasteiger partial charge on any atom is 0.287 e. The van der Waals surface area contributed by atoms with Crippen LogP contribution >= 0.6 is 0 Å². The summed E-state index contributed by atoms with van der Waals surface area (Å²) in [5.74, 6) is 2.23. The number of aryl methyl sites for hydroxylation is 1. The van der Waals surface area contributed by atoms with Gasteiger partial charge in [-0.15, -0.1) is 0 Å². The van der Waals surface area contributed by atoms with E-state index in [-0.39, 0.29) is 18.7 Å². The third-order valence-electron chi connectivity index (χ3n) is 3.21. The second kappa shape index (κ2) is 4.92. The predicted octanol–water partition coefficient (Wildman–Crippen LogP) is 2.81. The van der Waals surface area contributed by atoms with Crippen LogP contribution in [0.3, 0.4) is 0 Å². The van der Waals surface area contributed by atoms with Gasteiger partial charge in [-0.2, -0.15) is 0 Å². The fourth-order valence-electron chi connectivity index (χ4n) is 2.09. The van der Waals surface area contributed by atoms with Crippen molar-refractivity contribution in [1.82, 2.24) is 5.32 Å². The number of benzene rings is 1. The van der Waals surface area contributed by atoms with Gasteiger partial charge >= 0.3 is 0 Å². The fourth-order valence-corrected chi connectivity index (χ4v) is 2.09. The van der Waals surface area contributed by atoms with Gasteiger partial charge in [-0.05, 0) is 43.7 Å². The minimum absolute atomic E-state index is 0.151. The number of fused-ring (bicyclic) bond motifs is 1. The average Bonchev–Trinajstić information content (AvgIpc) is 3.05. The predicted molar refractivity (Wildman–Crippen MR) is 71.9 cm³/mol. The SMILES string of the molecule is Cc1ccc(C(=O)NC(C)c2ccc3c(c2)OCO3)o1. The molecule has 0 bridgehead atoms. The van der Waals surface area contributed by atoms with Crippen LogP contribution in [0, 0.1) is 6.92 Å². The minimum atomic E-state index is -0.233. The highest BCUT2D eigenvalue weighted by Gasteiger charge is 2.18. The van der Waals surface area contributed by atoms with Crippen molar-refractivity contribution in [1.29, 1.82) is 0 Å². The van der Waals surface area contributed by atoms with Gasteiger partial charge in [0.2, 0.25) is 6.79 Å². The zero-order valence-electron chi connectivity index (χ0n) is 11.3. The third kappa shape index (κ3) is 2.34. The third-order valence-corrected chi connectivity index (χ3v) is 3.21. The van der Waals surface area contributed by atoms with Crippen LogP contribution in [-0.2, 0) is 0 Å². The van der Waals surface area contributed by atoms with Crippen LogP contribution in [0.15, 0.2) is 34.7 Å². The van der Waals surface area contributed by atoms with E-state index in [0.29, 0.717) is 17.3 Å². The molecular weight excluding hydrogens is 258 g/mol. The lowest BCUT2D eigenvalue weighted by Crippen LogP contribution is -2.26. The standard InChI is InChI=1S/C15H15NO4/c1-9-3-5-13(20-9)15(17)16-10(2)11-4-6-12-14(7-11)19-8-18-12/h3-7,10H,8H2,1-2H3,(H,16,17). The van der Waals surface area contributed by atoms with E-state index in [1.807, 2.05) is 25.1 Å². The van der Waals surface area contributed by atoms with Crippen molar-refractivity contribution in [2.45, 2.75) is 19.9 Å². The highest BCUT2D eigenvalue weighted by Crippen LogP contribution is 2.34. The molecule has 0 radical (unpaired) electrons. The molecule has 1 aromatic heterocycles. The number of nitrogens with one attached hydrogen (secondary N) is 1. The van der Waals surface area contributed by atoms with Crippen molar-refractivity contribution in [3.05, 3.63) is 47.4 Å². The van der Waals surface area contributed by atoms with Crippen molar-refractivity contribution in [3.8, 4) is 11.5 Å². The first-order valence-corrected chi connectivity index (χ1v) is 6.40. The summed E-state index contributed by atoms with van der Waals surface area (Å²) in [5.41, 5.74) is 0.950. The molecular formula is C15H15NO4. The maximum absolute atomic E-state index is 12.0. The maximum atomic E-state index is 12.0. The molecule has 0 saturated heterocycles. The van der Waals surface area contributed by atoms with E-state index >= 15 is 0 Å². The Balaban J connectivity index is 1.73. The smallest absolute Gasteiger partial charge is 0.287 e. The summed E-state index contributed by atoms with van der Waals surface area (Å²) >= 11 is 0. The number of carbonyl (C=O) groups is 1. The molecule has 2 heterocycles. The molecule has 2 aromatic rings. The molecule has 0 aliphatic carbocycles. The van der Waals surface area contributed by atoms with Gasteiger partial charge < -0.3 is 19.2 Å². The van der Waals surface area contributed by atoms with Crippen molar-refractivity contribution >= 4 is 5.91 Å². The van der Waals surface area contributed by atoms with Gasteiger partial charge in [-0.25, -0.2) is 0 Å². The molecule has 104 valence electrons. The van der Waals surface area contributed by atoms with Gasteiger partial charge in [0.05, 0.1) is 6.04 Å². The molecule has 5 nitrogen and oxygen atoms in total. The molecule has 1 aromatic carbocycles. The van der Waals surface area contributed by atoms with E-state index in [0.717, 1.165) is 11.3 Å². The van der Waals surface area contributed by atoms with Gasteiger partial charge in [0.25, 0.3) is 5.91 Å². The molecule has 1 amide bonds. The van der Waals surface area contributed by atoms with Crippen molar-refractivity contribution in [2.75, 3.05) is 6.79 Å². The summed E-state index contributed by atoms with van der Waals surface area (Å²) in [6.07, 6.45) is 0. The topological polar surface area (TPSA) is 60.7 Å². The van der Waals surface area contributed by atoms with E-state index in [2.05, 4.69) is 5.32 Å². The Morgan fingerprint density at radius 3 is 2.75 bits per heavy atom. The minimum Gasteiger partial charge on any atom is -0.456 e. The first kappa shape index (κ1) is 12.6. The highest BCUT2D eigenvalue weighted by molar-refractivity contribution is 5.91. The lowest BCUT2D eigenvalue weighted by atomic mass is 10.1. The number of ether oxygens (including phenoxy) is 2. The zero-order chi connectivity index (χ0) is 14.1. The second-order valence-corrected chi connectivity index (χ2v) is 4.72. The zero-order valence-corrected chi connectivity index (χ0v) is 11.3. The highest BCUT2D eigenvalue weighted by atomic mass is 16.7. The first-order chi connectivity index (χ1) is 9.63. The van der Waals surface area contributed by atoms with Gasteiger partial charge in [-0.1, -0.05) is 6.07 Å². The Morgan fingerprint density at radius 2 is 2.00 bits per heavy atom. The molecule has 1 unspecified atom stereocenters. The van der Waals surface area contributed by atoms with E-state index in [1.165, 1.54) is 0 Å². The molecule has 0 spiro atoms. The summed E-state index contributed by atoms with van der Waals surface area (Å²) in [5, 5.41) is 2.89. The van der Waals surface area contributed by atoms with Crippen LogP contribution in [-0.4, -0.2) is 12.7 Å². The van der Waals surface area contributed by atoms with E-state index in [9.17, 15) is 4.79 Å². The number of furan rings is 1. The number of carbonyl (C=O) groups excluding carboxylic acids is 1. The molecule has 1 atom stereocenters. The summed E-state index contributed by atoms with van der Waals surface area (Å²) < 4.78 is 15.9. The van der Waals surface area contributed by atoms with Gasteiger partial charge in [0.1, 0.15) is 5.76 Å². The lowest BCUT2D eigenvalue weighted by Gasteiger charge is -2.13. The van der Waals surface area contributed by atoms with Crippen molar-refractivity contribution < 1.29 is 18.7 Å². The largest absolute Gasteiger partial charge is 0.456 e. The molecule has 0 fully saturated rings. The average molecular weight is 273 g/mol. The number of amides is 1. The summed E-state index contributed by atoms with van der Waals surface area (Å²) in [6.45, 7) is 3.95. The van der Waals surface area contributed by atoms with Gasteiger partial charge in [-0.3, -0.25) is 4.79 Å². The van der Waals surface area contributed by atoms with Crippen LogP contribution in [0.1, 0.15) is 34.8 Å². The fraction of sp³-hybridized carbons (Fsp3) is 0.267. The van der Waals surface area contributed by atoms with Gasteiger partial charge in [0, 0.05) is 0 Å². The molecule has 1 aliphatic rings. The number of rotatable bonds is 3. The lowest BCUT2D eigenvalue weighted by molar-refractivity contribution is 0.0910. The monoisotopic (exact) mass is 273 g/mol. The Hall–Kier alpha value is -2.43. The Kier molecular flexibility index (Phi) is 3.10. The van der Waals surface area contributed by atoms with Crippen LogP contribution in [0.25, 0.3) is 0 Å². The summed E-state index contributed by atoms with van der Waals surface area (Å²) in [6, 6.07) is 8.91. The molecule has 5 heteroatoms. The quantitative estimate of drug-likeness (QED) is 0.934. The molecule has 20 heavy (non-hydrogen) atoms. The summed E-state index contributed by atoms with van der Waals surface area (Å²) in [4.78, 5) is 12.0. The van der Waals surface area contributed by atoms with E-state index in [4.69, 9.17) is 13.9 Å². The van der Waals surface area contributed by atoms with Crippen molar-refractivity contribution in [2.24, 2.45) is 0 Å². The number of hydrogen-bond donors (Lipinski definition) is 1. The molecule has 3 rings (SSSR count). The van der Waals surface area contributed by atoms with Crippen LogP contribution < -0.4 is 14.8 Å². The Labute approximate surface area is 116 Å². The molecule has 0 saturated carbocycles. The van der Waals surface area contributed by atoms with E-state index in [1.54, 1.807) is 19.1 Å². The molecule has 1 N–H and O–H groups in total. The molecule has 1 aliphatic heterocycles. The Morgan fingerprint density at radius 1 is 1.20 bits per heavy atom. The normalized spacial score (nSPS) is 14.1. The van der Waals surface area contributed by atoms with E-state index < -0.39 is 0 Å². The number of hydrogen-bond acceptors (Lipinski definition) is 4. The summed E-state index contributed by atoms with van der Waals surface area (Å²) in [7, 11) is 0. The van der Waals surface area contributed by atoms with Crippen LogP contribution in [0.5, 0.6) is 11.5 Å². The Bertz CT molecular complexity index is 647. The van der Waals surface area contributed by atoms with Crippen LogP contribution in [0.2, 0.25) is 0 Å².